The largest absolute Gasteiger partial charge is 0.295 e. The van der Waals surface area contributed by atoms with Gasteiger partial charge >= 0.3 is 0 Å². The Labute approximate surface area is 61.8 Å². The molecule has 0 atom stereocenters. The van der Waals surface area contributed by atoms with Crippen LogP contribution in [0.2, 0.25) is 0 Å². The first-order chi connectivity index (χ1) is 4.66. The molecular formula is C9H12O. The summed E-state index contributed by atoms with van der Waals surface area (Å²) in [7, 11) is 0. The number of allylic oxidation sites excluding steroid dienone is 5. The molecule has 0 aromatic rings. The molecule has 1 heteroatoms. The van der Waals surface area contributed by atoms with Gasteiger partial charge in [0.25, 0.3) is 0 Å². The number of carbonyl (C=O) groups excluding carboxylic acids is 1. The van der Waals surface area contributed by atoms with E-state index in [1.54, 1.807) is 6.08 Å². The highest BCUT2D eigenvalue weighted by atomic mass is 16.1. The molecule has 0 radical (unpaired) electrons. The summed E-state index contributed by atoms with van der Waals surface area (Å²) in [5.74, 6) is 0.0469. The lowest BCUT2D eigenvalue weighted by molar-refractivity contribution is -0.112. The van der Waals surface area contributed by atoms with Crippen LogP contribution >= 0.6 is 0 Å². The van der Waals surface area contributed by atoms with Crippen molar-refractivity contribution in [3.8, 4) is 0 Å². The van der Waals surface area contributed by atoms with Gasteiger partial charge in [0.1, 0.15) is 0 Å². The Balaban J connectivity index is 3.90. The maximum Gasteiger partial charge on any atom is 0.152 e. The molecule has 0 saturated carbocycles. The van der Waals surface area contributed by atoms with Gasteiger partial charge in [0.2, 0.25) is 0 Å². The molecule has 54 valence electrons. The first kappa shape index (κ1) is 8.89. The van der Waals surface area contributed by atoms with Crippen LogP contribution in [0.15, 0.2) is 36.5 Å². The van der Waals surface area contributed by atoms with E-state index in [1.807, 2.05) is 19.1 Å². The van der Waals surface area contributed by atoms with E-state index in [0.717, 1.165) is 5.57 Å². The molecule has 10 heavy (non-hydrogen) atoms. The fourth-order valence-corrected chi connectivity index (χ4v) is 0.494. The average Bonchev–Trinajstić information content (AvgIpc) is 1.85. The SMILES string of the molecule is C=C(/C=C\C)/C=C/C(C)=O. The number of hydrogen-bond donors (Lipinski definition) is 0. The minimum absolute atomic E-state index is 0.0469. The van der Waals surface area contributed by atoms with E-state index in [0.29, 0.717) is 0 Å². The smallest absolute Gasteiger partial charge is 0.152 e. The minimum Gasteiger partial charge on any atom is -0.295 e. The standard InChI is InChI=1S/C9H12O/c1-4-5-8(2)6-7-9(3)10/h4-7H,2H2,1,3H3/b5-4-,7-6+. The molecule has 0 rings (SSSR count). The van der Waals surface area contributed by atoms with Gasteiger partial charge in [-0.25, -0.2) is 0 Å². The monoisotopic (exact) mass is 136 g/mol. The van der Waals surface area contributed by atoms with Crippen LogP contribution < -0.4 is 0 Å². The normalized spacial score (nSPS) is 11.0. The van der Waals surface area contributed by atoms with Crippen LogP contribution in [-0.2, 0) is 4.79 Å². The number of rotatable bonds is 3. The zero-order chi connectivity index (χ0) is 7.98. The summed E-state index contributed by atoms with van der Waals surface area (Å²) in [5, 5.41) is 0. The molecule has 0 spiro atoms. The summed E-state index contributed by atoms with van der Waals surface area (Å²) in [6.07, 6.45) is 6.93. The van der Waals surface area contributed by atoms with Crippen LogP contribution in [-0.4, -0.2) is 5.78 Å². The second kappa shape index (κ2) is 4.74. The van der Waals surface area contributed by atoms with Crippen molar-refractivity contribution < 1.29 is 4.79 Å². The van der Waals surface area contributed by atoms with E-state index < -0.39 is 0 Å². The molecule has 0 bridgehead atoms. The lowest BCUT2D eigenvalue weighted by Gasteiger charge is -1.84. The summed E-state index contributed by atoms with van der Waals surface area (Å²) >= 11 is 0. The Bertz CT molecular complexity index is 185. The maximum atomic E-state index is 10.4. The van der Waals surface area contributed by atoms with Gasteiger partial charge in [0.15, 0.2) is 5.78 Å². The third kappa shape index (κ3) is 5.04. The maximum absolute atomic E-state index is 10.4. The van der Waals surface area contributed by atoms with E-state index >= 15 is 0 Å². The van der Waals surface area contributed by atoms with Gasteiger partial charge in [-0.2, -0.15) is 0 Å². The summed E-state index contributed by atoms with van der Waals surface area (Å²) in [6.45, 7) is 7.11. The van der Waals surface area contributed by atoms with E-state index in [2.05, 4.69) is 6.58 Å². The van der Waals surface area contributed by atoms with Gasteiger partial charge in [-0.1, -0.05) is 24.8 Å². The average molecular weight is 136 g/mol. The Morgan fingerprint density at radius 3 is 2.30 bits per heavy atom. The van der Waals surface area contributed by atoms with Crippen LogP contribution in [0.5, 0.6) is 0 Å². The van der Waals surface area contributed by atoms with Gasteiger partial charge < -0.3 is 0 Å². The highest BCUT2D eigenvalue weighted by molar-refractivity contribution is 5.87. The van der Waals surface area contributed by atoms with Crippen molar-refractivity contribution in [1.82, 2.24) is 0 Å². The van der Waals surface area contributed by atoms with E-state index in [4.69, 9.17) is 0 Å². The Morgan fingerprint density at radius 1 is 1.30 bits per heavy atom. The third-order valence-electron chi connectivity index (χ3n) is 0.913. The van der Waals surface area contributed by atoms with Crippen LogP contribution in [0.1, 0.15) is 13.8 Å². The molecule has 1 nitrogen and oxygen atoms in total. The van der Waals surface area contributed by atoms with Gasteiger partial charge in [0, 0.05) is 0 Å². The van der Waals surface area contributed by atoms with E-state index in [9.17, 15) is 4.79 Å². The molecule has 0 aromatic heterocycles. The van der Waals surface area contributed by atoms with Crippen molar-refractivity contribution in [2.24, 2.45) is 0 Å². The summed E-state index contributed by atoms with van der Waals surface area (Å²) in [4.78, 5) is 10.4. The Hall–Kier alpha value is -1.11. The van der Waals surface area contributed by atoms with Crippen molar-refractivity contribution in [2.75, 3.05) is 0 Å². The molecule has 0 fully saturated rings. The lowest BCUT2D eigenvalue weighted by Crippen LogP contribution is -1.79. The molecule has 0 saturated heterocycles. The molecule has 0 aliphatic carbocycles. The van der Waals surface area contributed by atoms with E-state index in [-0.39, 0.29) is 5.78 Å². The minimum atomic E-state index is 0.0469. The molecular weight excluding hydrogens is 124 g/mol. The van der Waals surface area contributed by atoms with Crippen LogP contribution in [0.25, 0.3) is 0 Å². The summed E-state index contributed by atoms with van der Waals surface area (Å²) in [6, 6.07) is 0. The molecule has 0 N–H and O–H groups in total. The number of ketones is 1. The van der Waals surface area contributed by atoms with Gasteiger partial charge in [-0.3, -0.25) is 4.79 Å². The highest BCUT2D eigenvalue weighted by Gasteiger charge is 1.81. The lowest BCUT2D eigenvalue weighted by atomic mass is 10.2. The molecule has 0 amide bonds. The molecule has 0 aliphatic heterocycles. The molecule has 0 unspecified atom stereocenters. The fourth-order valence-electron chi connectivity index (χ4n) is 0.494. The zero-order valence-electron chi connectivity index (χ0n) is 6.42. The van der Waals surface area contributed by atoms with Crippen LogP contribution in [0.3, 0.4) is 0 Å². The number of carbonyl (C=O) groups is 1. The topological polar surface area (TPSA) is 17.1 Å². The van der Waals surface area contributed by atoms with Crippen molar-refractivity contribution in [3.63, 3.8) is 0 Å². The second-order valence-electron chi connectivity index (χ2n) is 2.02. The van der Waals surface area contributed by atoms with E-state index in [1.165, 1.54) is 13.0 Å². The van der Waals surface area contributed by atoms with Gasteiger partial charge in [-0.05, 0) is 25.5 Å². The van der Waals surface area contributed by atoms with Crippen molar-refractivity contribution in [1.29, 1.82) is 0 Å². The third-order valence-corrected chi connectivity index (χ3v) is 0.913. The van der Waals surface area contributed by atoms with Gasteiger partial charge in [0.05, 0.1) is 0 Å². The van der Waals surface area contributed by atoms with Gasteiger partial charge in [-0.15, -0.1) is 0 Å². The quantitative estimate of drug-likeness (QED) is 0.429. The van der Waals surface area contributed by atoms with Crippen molar-refractivity contribution in [2.45, 2.75) is 13.8 Å². The first-order valence-electron chi connectivity index (χ1n) is 3.17. The van der Waals surface area contributed by atoms with Crippen LogP contribution in [0, 0.1) is 0 Å². The summed E-state index contributed by atoms with van der Waals surface area (Å²) < 4.78 is 0. The van der Waals surface area contributed by atoms with Crippen molar-refractivity contribution in [3.05, 3.63) is 36.5 Å². The Morgan fingerprint density at radius 2 is 1.90 bits per heavy atom. The summed E-state index contributed by atoms with van der Waals surface area (Å²) in [5.41, 5.74) is 0.845. The number of hydrogen-bond acceptors (Lipinski definition) is 1. The van der Waals surface area contributed by atoms with Crippen LogP contribution in [0.4, 0.5) is 0 Å². The fraction of sp³-hybridized carbons (Fsp3) is 0.222. The Kier molecular flexibility index (Phi) is 4.21. The highest BCUT2D eigenvalue weighted by Crippen LogP contribution is 1.94. The molecule has 0 aromatic carbocycles. The molecule has 0 heterocycles. The van der Waals surface area contributed by atoms with Crippen molar-refractivity contribution >= 4 is 5.78 Å². The molecule has 0 aliphatic rings. The first-order valence-corrected chi connectivity index (χ1v) is 3.17. The predicted molar refractivity (Wildman–Crippen MR) is 43.8 cm³/mol. The zero-order valence-corrected chi connectivity index (χ0v) is 6.42. The second-order valence-corrected chi connectivity index (χ2v) is 2.02. The predicted octanol–water partition coefficient (Wildman–Crippen LogP) is 2.26.